The monoisotopic (exact) mass is 627 g/mol. The van der Waals surface area contributed by atoms with Crippen LogP contribution in [0.4, 0.5) is 17.1 Å². The van der Waals surface area contributed by atoms with Gasteiger partial charge in [-0.1, -0.05) is 113 Å². The lowest BCUT2D eigenvalue weighted by Crippen LogP contribution is -2.48. The van der Waals surface area contributed by atoms with E-state index in [1.54, 1.807) is 5.56 Å². The van der Waals surface area contributed by atoms with Gasteiger partial charge in [-0.05, 0) is 148 Å². The van der Waals surface area contributed by atoms with Crippen molar-refractivity contribution in [1.29, 1.82) is 0 Å². The van der Waals surface area contributed by atoms with Gasteiger partial charge in [0.05, 0.1) is 0 Å². The number of benzene rings is 5. The topological polar surface area (TPSA) is 3.24 Å². The minimum atomic E-state index is -0.0457. The second-order valence-corrected chi connectivity index (χ2v) is 17.4. The first-order valence-electron chi connectivity index (χ1n) is 18.4. The van der Waals surface area contributed by atoms with Crippen molar-refractivity contribution >= 4 is 17.1 Å². The van der Waals surface area contributed by atoms with Crippen LogP contribution >= 0.6 is 0 Å². The average molecular weight is 628 g/mol. The van der Waals surface area contributed by atoms with Crippen LogP contribution in [0.5, 0.6) is 0 Å². The molecular formula is C47H49N. The Morgan fingerprint density at radius 2 is 1.04 bits per heavy atom. The van der Waals surface area contributed by atoms with Crippen molar-refractivity contribution in [2.24, 2.45) is 17.8 Å². The summed E-state index contributed by atoms with van der Waals surface area (Å²) < 4.78 is 0. The first kappa shape index (κ1) is 30.0. The summed E-state index contributed by atoms with van der Waals surface area (Å²) in [5, 5.41) is 0. The van der Waals surface area contributed by atoms with Gasteiger partial charge < -0.3 is 4.90 Å². The number of rotatable bonds is 5. The van der Waals surface area contributed by atoms with Crippen LogP contribution in [-0.4, -0.2) is 0 Å². The number of nitrogens with zero attached hydrogens (tertiary/aromatic N) is 1. The van der Waals surface area contributed by atoms with E-state index in [1.165, 1.54) is 94.5 Å². The zero-order chi connectivity index (χ0) is 32.8. The number of hydrogen-bond donors (Lipinski definition) is 0. The van der Waals surface area contributed by atoms with Gasteiger partial charge in [-0.25, -0.2) is 0 Å². The highest BCUT2D eigenvalue weighted by molar-refractivity contribution is 5.86. The minimum absolute atomic E-state index is 0.0457. The smallest absolute Gasteiger partial charge is 0.0465 e. The summed E-state index contributed by atoms with van der Waals surface area (Å²) in [6.07, 6.45) is 8.76. The van der Waals surface area contributed by atoms with E-state index >= 15 is 0 Å². The van der Waals surface area contributed by atoms with E-state index in [4.69, 9.17) is 0 Å². The Bertz CT molecular complexity index is 1950. The van der Waals surface area contributed by atoms with Gasteiger partial charge in [-0.2, -0.15) is 0 Å². The zero-order valence-corrected chi connectivity index (χ0v) is 29.4. The van der Waals surface area contributed by atoms with Crippen molar-refractivity contribution in [1.82, 2.24) is 0 Å². The predicted octanol–water partition coefficient (Wildman–Crippen LogP) is 12.9. The Kier molecular flexibility index (Phi) is 6.69. The molecule has 0 heterocycles. The van der Waals surface area contributed by atoms with Gasteiger partial charge in [-0.15, -0.1) is 0 Å². The van der Waals surface area contributed by atoms with Crippen molar-refractivity contribution in [3.63, 3.8) is 0 Å². The maximum atomic E-state index is 2.48. The van der Waals surface area contributed by atoms with E-state index in [9.17, 15) is 0 Å². The Morgan fingerprint density at radius 1 is 0.542 bits per heavy atom. The third kappa shape index (κ3) is 4.80. The molecule has 0 aliphatic heterocycles. The van der Waals surface area contributed by atoms with Gasteiger partial charge in [0.1, 0.15) is 0 Å². The SMILES string of the molecule is CC(C)(C)c1ccc(N(c2ccc(-c3ccc(C45CC6CC(CC(C6)C4)C5)cc3)cc2)c2ccc3c(c2)C(C)(C)c2ccccc2-3)cc1. The Morgan fingerprint density at radius 3 is 1.62 bits per heavy atom. The van der Waals surface area contributed by atoms with Crippen molar-refractivity contribution in [2.45, 2.75) is 89.4 Å². The molecule has 4 bridgehead atoms. The summed E-state index contributed by atoms with van der Waals surface area (Å²) in [5.74, 6) is 2.93. The van der Waals surface area contributed by atoms with E-state index < -0.39 is 0 Å². The van der Waals surface area contributed by atoms with Crippen molar-refractivity contribution < 1.29 is 0 Å². The van der Waals surface area contributed by atoms with Crippen LogP contribution in [0.3, 0.4) is 0 Å². The maximum Gasteiger partial charge on any atom is 0.0465 e. The van der Waals surface area contributed by atoms with Crippen molar-refractivity contribution in [2.75, 3.05) is 4.90 Å². The van der Waals surface area contributed by atoms with E-state index in [0.717, 1.165) is 17.8 Å². The van der Waals surface area contributed by atoms with Gasteiger partial charge >= 0.3 is 0 Å². The standard InChI is InChI=1S/C47H49N/c1-45(2,3)36-16-20-39(21-17-36)48(40-22-23-42-41-8-6-7-9-43(41)46(4,5)44(42)27-40)38-18-12-35(13-19-38)34-10-14-37(15-11-34)47-28-31-24-32(29-47)26-33(25-31)30-47/h6-23,27,31-33H,24-26,28-30H2,1-5H3. The molecule has 5 aliphatic rings. The zero-order valence-electron chi connectivity index (χ0n) is 29.4. The molecule has 0 atom stereocenters. The molecule has 0 spiro atoms. The molecule has 4 fully saturated rings. The van der Waals surface area contributed by atoms with Crippen LogP contribution < -0.4 is 4.90 Å². The fourth-order valence-corrected chi connectivity index (χ4v) is 10.7. The highest BCUT2D eigenvalue weighted by Gasteiger charge is 2.51. The molecule has 0 unspecified atom stereocenters. The molecule has 0 saturated heterocycles. The molecule has 4 saturated carbocycles. The molecule has 242 valence electrons. The summed E-state index contributed by atoms with van der Waals surface area (Å²) in [7, 11) is 0. The number of hydrogen-bond acceptors (Lipinski definition) is 1. The number of anilines is 3. The summed E-state index contributed by atoms with van der Waals surface area (Å²) in [5.41, 5.74) is 15.2. The molecule has 0 aromatic heterocycles. The van der Waals surface area contributed by atoms with Gasteiger partial charge in [0, 0.05) is 22.5 Å². The molecule has 0 radical (unpaired) electrons. The third-order valence-corrected chi connectivity index (χ3v) is 12.8. The van der Waals surface area contributed by atoms with E-state index in [2.05, 4.69) is 155 Å². The van der Waals surface area contributed by atoms with Gasteiger partial charge in [-0.3, -0.25) is 0 Å². The summed E-state index contributed by atoms with van der Waals surface area (Å²) >= 11 is 0. The molecule has 5 aliphatic carbocycles. The molecule has 10 rings (SSSR count). The van der Waals surface area contributed by atoms with Crippen LogP contribution in [0.2, 0.25) is 0 Å². The van der Waals surface area contributed by atoms with Gasteiger partial charge in [0.25, 0.3) is 0 Å². The van der Waals surface area contributed by atoms with E-state index in [-0.39, 0.29) is 10.8 Å². The Hall–Kier alpha value is -4.10. The fraction of sp³-hybridized carbons (Fsp3) is 0.362. The van der Waals surface area contributed by atoms with Crippen LogP contribution in [0.1, 0.15) is 95.4 Å². The normalized spacial score (nSPS) is 24.7. The lowest BCUT2D eigenvalue weighted by Gasteiger charge is -2.57. The molecule has 48 heavy (non-hydrogen) atoms. The van der Waals surface area contributed by atoms with Crippen LogP contribution in [0, 0.1) is 17.8 Å². The largest absolute Gasteiger partial charge is 0.310 e. The highest BCUT2D eigenvalue weighted by Crippen LogP contribution is 2.61. The van der Waals surface area contributed by atoms with Gasteiger partial charge in [0.15, 0.2) is 0 Å². The molecule has 0 N–H and O–H groups in total. The average Bonchev–Trinajstić information content (AvgIpc) is 3.30. The lowest BCUT2D eigenvalue weighted by molar-refractivity contribution is -0.00518. The highest BCUT2D eigenvalue weighted by atomic mass is 15.1. The second-order valence-electron chi connectivity index (χ2n) is 17.4. The lowest BCUT2D eigenvalue weighted by atomic mass is 9.48. The Labute approximate surface area is 288 Å². The van der Waals surface area contributed by atoms with Crippen LogP contribution in [-0.2, 0) is 16.2 Å². The minimum Gasteiger partial charge on any atom is -0.310 e. The molecule has 0 amide bonds. The molecule has 1 nitrogen and oxygen atoms in total. The maximum absolute atomic E-state index is 2.48. The fourth-order valence-electron chi connectivity index (χ4n) is 10.7. The first-order chi connectivity index (χ1) is 23.1. The van der Waals surface area contributed by atoms with Crippen LogP contribution in [0.15, 0.2) is 115 Å². The molecule has 5 aromatic rings. The van der Waals surface area contributed by atoms with Crippen molar-refractivity contribution in [3.8, 4) is 22.3 Å². The summed E-state index contributed by atoms with van der Waals surface area (Å²) in [6.45, 7) is 11.6. The first-order valence-corrected chi connectivity index (χ1v) is 18.4. The third-order valence-electron chi connectivity index (χ3n) is 12.8. The summed E-state index contributed by atoms with van der Waals surface area (Å²) in [6, 6.07) is 44.2. The van der Waals surface area contributed by atoms with Crippen molar-refractivity contribution in [3.05, 3.63) is 138 Å². The second kappa shape index (κ2) is 10.7. The number of fused-ring (bicyclic) bond motifs is 3. The quantitative estimate of drug-likeness (QED) is 0.187. The van der Waals surface area contributed by atoms with E-state index in [1.807, 2.05) is 0 Å². The van der Waals surface area contributed by atoms with Crippen LogP contribution in [0.25, 0.3) is 22.3 Å². The molecular weight excluding hydrogens is 579 g/mol. The molecule has 5 aromatic carbocycles. The van der Waals surface area contributed by atoms with E-state index in [0.29, 0.717) is 5.41 Å². The predicted molar refractivity (Wildman–Crippen MR) is 203 cm³/mol. The molecule has 1 heteroatoms. The Balaban J connectivity index is 1.06. The van der Waals surface area contributed by atoms with Gasteiger partial charge in [0.2, 0.25) is 0 Å². The summed E-state index contributed by atoms with van der Waals surface area (Å²) in [4.78, 5) is 2.44.